The van der Waals surface area contributed by atoms with E-state index in [1.807, 2.05) is 0 Å². The summed E-state index contributed by atoms with van der Waals surface area (Å²) < 4.78 is 0. The Morgan fingerprint density at radius 3 is 0.969 bits per heavy atom. The van der Waals surface area contributed by atoms with Gasteiger partial charge in [-0.25, -0.2) is 0 Å². The smallest absolute Gasteiger partial charge is 0.0166 e. The maximum Gasteiger partial charge on any atom is 0.0166 e. The Morgan fingerprint density at radius 2 is 0.625 bits per heavy atom. The monoisotopic (exact) mass is 467 g/mol. The van der Waals surface area contributed by atoms with E-state index in [0.717, 1.165) is 0 Å². The van der Waals surface area contributed by atoms with E-state index < -0.39 is 0 Å². The van der Waals surface area contributed by atoms with Gasteiger partial charge >= 0.3 is 0 Å². The highest BCUT2D eigenvalue weighted by molar-refractivity contribution is 8.01. The molecule has 0 atom stereocenters. The van der Waals surface area contributed by atoms with Crippen LogP contribution in [0.5, 0.6) is 0 Å². The molecule has 0 N–H and O–H groups in total. The molecule has 0 aromatic rings. The molecule has 1 radical (unpaired) electrons. The van der Waals surface area contributed by atoms with Crippen molar-refractivity contribution in [2.24, 2.45) is 0 Å². The van der Waals surface area contributed by atoms with Crippen molar-refractivity contribution in [2.45, 2.75) is 187 Å². The second kappa shape index (κ2) is 31.4. The molecule has 0 aromatic heterocycles. The molecule has 0 saturated carbocycles. The summed E-state index contributed by atoms with van der Waals surface area (Å²) in [7, 11) is 0. The van der Waals surface area contributed by atoms with Gasteiger partial charge in [0.25, 0.3) is 0 Å². The fourth-order valence-corrected chi connectivity index (χ4v) is 5.49. The molecule has 32 heavy (non-hydrogen) atoms. The molecule has 0 fully saturated rings. The van der Waals surface area contributed by atoms with E-state index in [4.69, 9.17) is 0 Å². The Morgan fingerprint density at radius 1 is 0.344 bits per heavy atom. The second-order valence-electron chi connectivity index (χ2n) is 10.3. The van der Waals surface area contributed by atoms with Gasteiger partial charge in [0.1, 0.15) is 0 Å². The molecule has 0 rings (SSSR count). The van der Waals surface area contributed by atoms with Crippen molar-refractivity contribution >= 4 is 11.8 Å². The normalized spacial score (nSPS) is 11.4. The third-order valence-corrected chi connectivity index (χ3v) is 7.90. The van der Waals surface area contributed by atoms with Gasteiger partial charge < -0.3 is 0 Å². The Labute approximate surface area is 210 Å². The zero-order chi connectivity index (χ0) is 23.2. The van der Waals surface area contributed by atoms with Crippen LogP contribution in [0.3, 0.4) is 0 Å². The van der Waals surface area contributed by atoms with Gasteiger partial charge in [0.15, 0.2) is 0 Å². The average molecular weight is 468 g/mol. The topological polar surface area (TPSA) is 0 Å². The van der Waals surface area contributed by atoms with E-state index in [9.17, 15) is 0 Å². The van der Waals surface area contributed by atoms with E-state index in [1.165, 1.54) is 179 Å². The second-order valence-corrected chi connectivity index (χ2v) is 11.4. The predicted octanol–water partition coefficient (Wildman–Crippen LogP) is 12.5. The van der Waals surface area contributed by atoms with Gasteiger partial charge in [0, 0.05) is 5.75 Å². The van der Waals surface area contributed by atoms with E-state index >= 15 is 0 Å². The standard InChI is InChI=1S/C31H63S/c1-3-5-7-9-11-13-15-16-17-18-19-21-23-25-27-29-31-32-30-28-26-24-22-20-14-12-10-8-6-4-2/h31H,3-30H2,1-2H3. The van der Waals surface area contributed by atoms with E-state index in [-0.39, 0.29) is 0 Å². The molecule has 0 unspecified atom stereocenters. The minimum absolute atomic E-state index is 1.33. The van der Waals surface area contributed by atoms with Crippen molar-refractivity contribution in [3.05, 3.63) is 5.75 Å². The lowest BCUT2D eigenvalue weighted by Gasteiger charge is -2.04. The Hall–Kier alpha value is 0.350. The molecule has 0 aromatic carbocycles. The van der Waals surface area contributed by atoms with Crippen molar-refractivity contribution in [1.29, 1.82) is 0 Å². The van der Waals surface area contributed by atoms with Crippen LogP contribution < -0.4 is 0 Å². The minimum atomic E-state index is 1.33. The van der Waals surface area contributed by atoms with Crippen molar-refractivity contribution in [3.8, 4) is 0 Å². The Bertz CT molecular complexity index is 271. The molecule has 1 heteroatoms. The van der Waals surface area contributed by atoms with Gasteiger partial charge in [-0.1, -0.05) is 174 Å². The fourth-order valence-electron chi connectivity index (χ4n) is 4.62. The van der Waals surface area contributed by atoms with Crippen LogP contribution in [0.2, 0.25) is 0 Å². The summed E-state index contributed by atoms with van der Waals surface area (Å²) in [6.45, 7) is 4.61. The molecular weight excluding hydrogens is 404 g/mol. The lowest BCUT2D eigenvalue weighted by atomic mass is 10.0. The first-order chi connectivity index (χ1) is 15.9. The molecule has 0 spiro atoms. The number of unbranched alkanes of at least 4 members (excludes halogenated alkanes) is 25. The first-order valence-corrected chi connectivity index (χ1v) is 16.4. The Balaban J connectivity index is 2.98. The largest absolute Gasteiger partial charge is 0.157 e. The maximum absolute atomic E-state index is 2.50. The van der Waals surface area contributed by atoms with Crippen molar-refractivity contribution in [3.63, 3.8) is 0 Å². The number of hydrogen-bond acceptors (Lipinski definition) is 1. The molecule has 0 amide bonds. The average Bonchev–Trinajstić information content (AvgIpc) is 2.81. The molecular formula is C31H63S. The summed E-state index contributed by atoms with van der Waals surface area (Å²) in [6, 6.07) is 0. The van der Waals surface area contributed by atoms with Gasteiger partial charge in [-0.15, -0.1) is 0 Å². The van der Waals surface area contributed by atoms with Crippen LogP contribution in [0.4, 0.5) is 0 Å². The minimum Gasteiger partial charge on any atom is -0.157 e. The van der Waals surface area contributed by atoms with E-state index in [0.29, 0.717) is 0 Å². The third kappa shape index (κ3) is 30.4. The molecule has 0 heterocycles. The third-order valence-electron chi connectivity index (χ3n) is 6.91. The zero-order valence-corrected chi connectivity index (χ0v) is 23.6. The van der Waals surface area contributed by atoms with Gasteiger partial charge in [-0.05, 0) is 18.6 Å². The van der Waals surface area contributed by atoms with Gasteiger partial charge in [-0.2, -0.15) is 11.8 Å². The summed E-state index contributed by atoms with van der Waals surface area (Å²) in [6.07, 6.45) is 39.3. The van der Waals surface area contributed by atoms with Gasteiger partial charge in [0.2, 0.25) is 0 Å². The molecule has 0 aliphatic heterocycles. The molecule has 0 saturated heterocycles. The number of rotatable bonds is 29. The molecule has 193 valence electrons. The summed E-state index contributed by atoms with van der Waals surface area (Å²) in [4.78, 5) is 0. The van der Waals surface area contributed by atoms with Gasteiger partial charge in [-0.3, -0.25) is 0 Å². The van der Waals surface area contributed by atoms with E-state index in [2.05, 4.69) is 31.4 Å². The van der Waals surface area contributed by atoms with Crippen molar-refractivity contribution in [2.75, 3.05) is 5.75 Å². The number of hydrogen-bond donors (Lipinski definition) is 0. The Kier molecular flexibility index (Phi) is 31.7. The summed E-state index contributed by atoms with van der Waals surface area (Å²) in [5.74, 6) is 3.86. The van der Waals surface area contributed by atoms with Crippen LogP contribution in [0.1, 0.15) is 187 Å². The lowest BCUT2D eigenvalue weighted by molar-refractivity contribution is 0.532. The molecule has 0 aliphatic rings. The van der Waals surface area contributed by atoms with Gasteiger partial charge in [0.05, 0.1) is 0 Å². The molecule has 0 nitrogen and oxygen atoms in total. The highest BCUT2D eigenvalue weighted by Gasteiger charge is 1.96. The maximum atomic E-state index is 2.50. The summed E-state index contributed by atoms with van der Waals surface area (Å²) in [5, 5.41) is 0. The predicted molar refractivity (Wildman–Crippen MR) is 153 cm³/mol. The molecule has 0 aliphatic carbocycles. The van der Waals surface area contributed by atoms with Crippen LogP contribution >= 0.6 is 11.8 Å². The summed E-state index contributed by atoms with van der Waals surface area (Å²) >= 11 is 2.09. The van der Waals surface area contributed by atoms with Crippen LogP contribution in [0, 0.1) is 5.75 Å². The van der Waals surface area contributed by atoms with E-state index in [1.54, 1.807) is 0 Å². The quantitative estimate of drug-likeness (QED) is 0.0985. The molecule has 0 bridgehead atoms. The summed E-state index contributed by atoms with van der Waals surface area (Å²) in [5.41, 5.74) is 0. The van der Waals surface area contributed by atoms with Crippen molar-refractivity contribution < 1.29 is 0 Å². The SMILES string of the molecule is CCCCCCCCCCCCCCCCC[CH]SCCCCCCCCCCCCC. The van der Waals surface area contributed by atoms with Crippen LogP contribution in [0.25, 0.3) is 0 Å². The van der Waals surface area contributed by atoms with Crippen LogP contribution in [-0.4, -0.2) is 5.75 Å². The lowest BCUT2D eigenvalue weighted by Crippen LogP contribution is -1.85. The number of thioether (sulfide) groups is 1. The first-order valence-electron chi connectivity index (χ1n) is 15.3. The van der Waals surface area contributed by atoms with Crippen molar-refractivity contribution in [1.82, 2.24) is 0 Å². The zero-order valence-electron chi connectivity index (χ0n) is 22.8. The fraction of sp³-hybridized carbons (Fsp3) is 0.968. The first kappa shape index (κ1) is 32.4. The highest BCUT2D eigenvalue weighted by atomic mass is 32.2. The van der Waals surface area contributed by atoms with Crippen LogP contribution in [0.15, 0.2) is 0 Å². The highest BCUT2D eigenvalue weighted by Crippen LogP contribution is 2.18. The van der Waals surface area contributed by atoms with Crippen LogP contribution in [-0.2, 0) is 0 Å².